The van der Waals surface area contributed by atoms with Crippen molar-refractivity contribution in [2.75, 3.05) is 0 Å². The van der Waals surface area contributed by atoms with E-state index in [1.807, 2.05) is 0 Å². The number of hydrogen-bond donors (Lipinski definition) is 0. The molecule has 98 valence electrons. The zero-order valence-electron chi connectivity index (χ0n) is 12.0. The summed E-state index contributed by atoms with van der Waals surface area (Å²) in [7, 11) is -1.09. The summed E-state index contributed by atoms with van der Waals surface area (Å²) >= 11 is 0. The number of hydrogen-bond acceptors (Lipinski definition) is 1. The third-order valence-electron chi connectivity index (χ3n) is 3.48. The fourth-order valence-electron chi connectivity index (χ4n) is 2.23. The molecule has 2 rings (SSSR count). The highest BCUT2D eigenvalue weighted by Gasteiger charge is 2.35. The maximum Gasteiger partial charge on any atom is 0.0959 e. The van der Waals surface area contributed by atoms with Crippen LogP contribution in [0, 0.1) is 0 Å². The molecule has 0 saturated heterocycles. The maximum atomic E-state index is 6.04. The second-order valence-corrected chi connectivity index (χ2v) is 11.4. The standard InChI is InChI=1S/C16H24OSi/c1-13(10-11-14-8-6-5-7-9-14)17-15-12-16(15)18(2,3)4/h5-9,13H,10-12H2,1-4H3. The van der Waals surface area contributed by atoms with E-state index in [0.717, 1.165) is 19.3 Å². The van der Waals surface area contributed by atoms with Gasteiger partial charge in [0.2, 0.25) is 0 Å². The van der Waals surface area contributed by atoms with Gasteiger partial charge in [-0.3, -0.25) is 0 Å². The molecule has 0 aliphatic heterocycles. The first-order chi connectivity index (χ1) is 8.47. The molecule has 1 nitrogen and oxygen atoms in total. The Morgan fingerprint density at radius 2 is 1.83 bits per heavy atom. The summed E-state index contributed by atoms with van der Waals surface area (Å²) in [6.07, 6.45) is 3.70. The van der Waals surface area contributed by atoms with Crippen LogP contribution in [0.2, 0.25) is 19.6 Å². The molecule has 1 atom stereocenters. The van der Waals surface area contributed by atoms with Crippen molar-refractivity contribution in [1.82, 2.24) is 0 Å². The first-order valence-corrected chi connectivity index (χ1v) is 10.4. The van der Waals surface area contributed by atoms with Crippen molar-refractivity contribution >= 4 is 8.07 Å². The van der Waals surface area contributed by atoms with E-state index in [0.29, 0.717) is 6.10 Å². The van der Waals surface area contributed by atoms with Gasteiger partial charge in [-0.1, -0.05) is 50.0 Å². The van der Waals surface area contributed by atoms with Crippen LogP contribution in [0.1, 0.15) is 25.3 Å². The van der Waals surface area contributed by atoms with Crippen LogP contribution in [-0.2, 0) is 11.2 Å². The average molecular weight is 260 g/mol. The van der Waals surface area contributed by atoms with Gasteiger partial charge in [0.05, 0.1) is 19.9 Å². The van der Waals surface area contributed by atoms with Crippen LogP contribution in [0.3, 0.4) is 0 Å². The van der Waals surface area contributed by atoms with Crippen molar-refractivity contribution in [2.24, 2.45) is 0 Å². The molecule has 1 aromatic rings. The van der Waals surface area contributed by atoms with Crippen LogP contribution in [0.5, 0.6) is 0 Å². The first-order valence-electron chi connectivity index (χ1n) is 6.90. The van der Waals surface area contributed by atoms with Gasteiger partial charge in [0, 0.05) is 6.42 Å². The lowest BCUT2D eigenvalue weighted by Crippen LogP contribution is -2.18. The van der Waals surface area contributed by atoms with Gasteiger partial charge in [-0.25, -0.2) is 0 Å². The highest BCUT2D eigenvalue weighted by atomic mass is 28.3. The third-order valence-corrected chi connectivity index (χ3v) is 5.75. The molecule has 1 aliphatic rings. The van der Waals surface area contributed by atoms with Crippen molar-refractivity contribution in [3.63, 3.8) is 0 Å². The fraction of sp³-hybridized carbons (Fsp3) is 0.500. The first kappa shape index (κ1) is 13.4. The second-order valence-electron chi connectivity index (χ2n) is 6.28. The zero-order valence-corrected chi connectivity index (χ0v) is 13.0. The van der Waals surface area contributed by atoms with E-state index in [9.17, 15) is 0 Å². The van der Waals surface area contributed by atoms with Gasteiger partial charge in [-0.2, -0.15) is 0 Å². The molecular formula is C16H24OSi. The third kappa shape index (κ3) is 3.74. The minimum atomic E-state index is -1.09. The van der Waals surface area contributed by atoms with E-state index >= 15 is 0 Å². The number of rotatable bonds is 6. The van der Waals surface area contributed by atoms with Gasteiger partial charge < -0.3 is 4.74 Å². The summed E-state index contributed by atoms with van der Waals surface area (Å²) in [4.78, 5) is 0. The van der Waals surface area contributed by atoms with Crippen molar-refractivity contribution in [3.05, 3.63) is 46.9 Å². The molecule has 0 bridgehead atoms. The van der Waals surface area contributed by atoms with Crippen molar-refractivity contribution in [1.29, 1.82) is 0 Å². The molecule has 0 fully saturated rings. The van der Waals surface area contributed by atoms with Gasteiger partial charge in [-0.15, -0.1) is 0 Å². The van der Waals surface area contributed by atoms with E-state index < -0.39 is 8.07 Å². The minimum absolute atomic E-state index is 0.342. The van der Waals surface area contributed by atoms with Gasteiger partial charge >= 0.3 is 0 Å². The summed E-state index contributed by atoms with van der Waals surface area (Å²) in [5, 5.41) is 1.63. The number of ether oxygens (including phenoxy) is 1. The Bertz CT molecular complexity index is 428. The lowest BCUT2D eigenvalue weighted by atomic mass is 10.1. The largest absolute Gasteiger partial charge is 0.495 e. The molecule has 18 heavy (non-hydrogen) atoms. The molecule has 1 aromatic carbocycles. The second kappa shape index (κ2) is 5.31. The van der Waals surface area contributed by atoms with E-state index in [4.69, 9.17) is 4.74 Å². The maximum absolute atomic E-state index is 6.04. The Kier molecular flexibility index (Phi) is 3.96. The van der Waals surface area contributed by atoms with Crippen molar-refractivity contribution < 1.29 is 4.74 Å². The van der Waals surface area contributed by atoms with Crippen molar-refractivity contribution in [3.8, 4) is 0 Å². The van der Waals surface area contributed by atoms with E-state index in [-0.39, 0.29) is 0 Å². The average Bonchev–Trinajstić information content (AvgIpc) is 3.07. The van der Waals surface area contributed by atoms with Gasteiger partial charge in [-0.05, 0) is 30.5 Å². The lowest BCUT2D eigenvalue weighted by molar-refractivity contribution is 0.135. The summed E-state index contributed by atoms with van der Waals surface area (Å²) in [6, 6.07) is 10.7. The molecule has 0 amide bonds. The fourth-order valence-corrected chi connectivity index (χ4v) is 3.82. The van der Waals surface area contributed by atoms with Crippen molar-refractivity contribution in [2.45, 2.75) is 51.9 Å². The number of aryl methyl sites for hydroxylation is 1. The molecule has 0 spiro atoms. The molecule has 1 unspecified atom stereocenters. The van der Waals surface area contributed by atoms with Gasteiger partial charge in [0.25, 0.3) is 0 Å². The van der Waals surface area contributed by atoms with Crippen LogP contribution in [0.25, 0.3) is 0 Å². The minimum Gasteiger partial charge on any atom is -0.495 e. The molecule has 0 saturated carbocycles. The molecule has 2 heteroatoms. The predicted molar refractivity (Wildman–Crippen MR) is 80.3 cm³/mol. The summed E-state index contributed by atoms with van der Waals surface area (Å²) < 4.78 is 6.04. The summed E-state index contributed by atoms with van der Waals surface area (Å²) in [6.45, 7) is 9.38. The van der Waals surface area contributed by atoms with E-state index in [2.05, 4.69) is 56.9 Å². The highest BCUT2D eigenvalue weighted by molar-refractivity contribution is 6.84. The molecule has 1 aliphatic carbocycles. The van der Waals surface area contributed by atoms with Crippen LogP contribution in [0.15, 0.2) is 41.3 Å². The smallest absolute Gasteiger partial charge is 0.0959 e. The lowest BCUT2D eigenvalue weighted by Gasteiger charge is -2.13. The summed E-state index contributed by atoms with van der Waals surface area (Å²) in [5.41, 5.74) is 1.41. The number of benzene rings is 1. The zero-order chi connectivity index (χ0) is 13.2. The Balaban J connectivity index is 1.77. The quantitative estimate of drug-likeness (QED) is 0.681. The molecular weight excluding hydrogens is 236 g/mol. The normalized spacial score (nSPS) is 16.7. The Morgan fingerprint density at radius 1 is 1.17 bits per heavy atom. The van der Waals surface area contributed by atoms with Gasteiger partial charge in [0.15, 0.2) is 0 Å². The molecule has 0 aromatic heterocycles. The Labute approximate surface area is 112 Å². The number of allylic oxidation sites excluding steroid dienone is 2. The monoisotopic (exact) mass is 260 g/mol. The van der Waals surface area contributed by atoms with Crippen LogP contribution < -0.4 is 0 Å². The van der Waals surface area contributed by atoms with Crippen LogP contribution in [0.4, 0.5) is 0 Å². The van der Waals surface area contributed by atoms with Gasteiger partial charge in [0.1, 0.15) is 0 Å². The van der Waals surface area contributed by atoms with Crippen LogP contribution >= 0.6 is 0 Å². The molecule has 0 heterocycles. The van der Waals surface area contributed by atoms with E-state index in [1.165, 1.54) is 11.3 Å². The topological polar surface area (TPSA) is 9.23 Å². The molecule has 0 radical (unpaired) electrons. The predicted octanol–water partition coefficient (Wildman–Crippen LogP) is 4.56. The summed E-state index contributed by atoms with van der Waals surface area (Å²) in [5.74, 6) is 1.30. The SMILES string of the molecule is CC(CCc1ccccc1)OC1=C([Si](C)(C)C)C1. The Morgan fingerprint density at radius 3 is 2.39 bits per heavy atom. The highest BCUT2D eigenvalue weighted by Crippen LogP contribution is 2.40. The molecule has 0 N–H and O–H groups in total. The van der Waals surface area contributed by atoms with E-state index in [1.54, 1.807) is 5.20 Å². The Hall–Kier alpha value is -1.02. The van der Waals surface area contributed by atoms with Crippen LogP contribution in [-0.4, -0.2) is 14.2 Å².